The fourth-order valence-corrected chi connectivity index (χ4v) is 3.52. The van der Waals surface area contributed by atoms with Gasteiger partial charge >= 0.3 is 0 Å². The fraction of sp³-hybridized carbons (Fsp3) is 0.400. The van der Waals surface area contributed by atoms with E-state index >= 15 is 0 Å². The number of hydrogen-bond donors (Lipinski definition) is 3. The van der Waals surface area contributed by atoms with E-state index in [9.17, 15) is 14.4 Å². The number of ether oxygens (including phenoxy) is 1. The maximum atomic E-state index is 12.5. The average Bonchev–Trinajstić information content (AvgIpc) is 2.77. The molecule has 7 nitrogen and oxygen atoms in total. The minimum atomic E-state index is -0.707. The Morgan fingerprint density at radius 3 is 2.35 bits per heavy atom. The second kappa shape index (κ2) is 12.6. The summed E-state index contributed by atoms with van der Waals surface area (Å²) >= 11 is 11.8. The third-order valence-corrected chi connectivity index (χ3v) is 5.81. The van der Waals surface area contributed by atoms with Crippen molar-refractivity contribution in [3.8, 4) is 5.75 Å². The Bertz CT molecular complexity index is 1040. The zero-order chi connectivity index (χ0) is 25.3. The molecule has 2 aromatic rings. The second-order valence-corrected chi connectivity index (χ2v) is 9.62. The number of amides is 3. The number of carbonyl (C=O) groups excluding carboxylic acids is 3. The summed E-state index contributed by atoms with van der Waals surface area (Å²) in [5.74, 6) is -0.323. The smallest absolute Gasteiger partial charge is 0.244 e. The summed E-state index contributed by atoms with van der Waals surface area (Å²) in [7, 11) is 0. The zero-order valence-corrected chi connectivity index (χ0v) is 21.4. The molecule has 3 N–H and O–H groups in total. The van der Waals surface area contributed by atoms with E-state index < -0.39 is 11.3 Å². The molecular formula is C25H31Cl2N3O4. The number of hydrogen-bond acceptors (Lipinski definition) is 4. The van der Waals surface area contributed by atoms with Crippen molar-refractivity contribution >= 4 is 46.6 Å². The maximum Gasteiger partial charge on any atom is 0.244 e. The molecule has 0 heterocycles. The SMILES string of the molecule is Cc1ccc(C)c(OCCCC(C)(C)C(=O)NNC(=O)CCC(=O)Nc2ccc(Cl)cc2Cl)c1. The third kappa shape index (κ3) is 8.88. The van der Waals surface area contributed by atoms with Gasteiger partial charge in [0.2, 0.25) is 17.7 Å². The van der Waals surface area contributed by atoms with Gasteiger partial charge in [-0.15, -0.1) is 0 Å². The van der Waals surface area contributed by atoms with Crippen molar-refractivity contribution in [1.29, 1.82) is 0 Å². The Morgan fingerprint density at radius 2 is 1.65 bits per heavy atom. The van der Waals surface area contributed by atoms with Crippen LogP contribution in [0.4, 0.5) is 5.69 Å². The van der Waals surface area contributed by atoms with Gasteiger partial charge in [0.15, 0.2) is 0 Å². The Hall–Kier alpha value is -2.77. The molecule has 0 radical (unpaired) electrons. The lowest BCUT2D eigenvalue weighted by molar-refractivity contribution is -0.134. The minimum Gasteiger partial charge on any atom is -0.493 e. The van der Waals surface area contributed by atoms with Crippen LogP contribution in [0, 0.1) is 19.3 Å². The summed E-state index contributed by atoms with van der Waals surface area (Å²) in [6, 6.07) is 10.7. The molecule has 34 heavy (non-hydrogen) atoms. The van der Waals surface area contributed by atoms with Crippen molar-refractivity contribution in [2.75, 3.05) is 11.9 Å². The Morgan fingerprint density at radius 1 is 0.941 bits per heavy atom. The maximum absolute atomic E-state index is 12.5. The lowest BCUT2D eigenvalue weighted by Crippen LogP contribution is -2.47. The number of hydrazine groups is 1. The molecule has 2 aromatic carbocycles. The predicted octanol–water partition coefficient (Wildman–Crippen LogP) is 5.36. The number of benzene rings is 2. The number of anilines is 1. The van der Waals surface area contributed by atoms with E-state index in [0.29, 0.717) is 35.2 Å². The zero-order valence-electron chi connectivity index (χ0n) is 19.9. The van der Waals surface area contributed by atoms with Gasteiger partial charge in [0.25, 0.3) is 0 Å². The molecular weight excluding hydrogens is 477 g/mol. The first-order valence-electron chi connectivity index (χ1n) is 11.0. The van der Waals surface area contributed by atoms with Crippen LogP contribution in [-0.2, 0) is 14.4 Å². The van der Waals surface area contributed by atoms with Crippen LogP contribution in [0.1, 0.15) is 50.7 Å². The molecule has 184 valence electrons. The minimum absolute atomic E-state index is 0.0697. The predicted molar refractivity (Wildman–Crippen MR) is 135 cm³/mol. The van der Waals surface area contributed by atoms with Crippen molar-refractivity contribution in [2.24, 2.45) is 5.41 Å². The van der Waals surface area contributed by atoms with E-state index in [1.54, 1.807) is 26.0 Å². The van der Waals surface area contributed by atoms with E-state index in [1.807, 2.05) is 32.0 Å². The molecule has 0 saturated heterocycles. The molecule has 3 amide bonds. The standard InChI is InChI=1S/C25H31Cl2N3O4/c1-16-6-7-17(2)21(14-16)34-13-5-12-25(3,4)24(33)30-29-23(32)11-10-22(31)28-20-9-8-18(26)15-19(20)27/h6-9,14-15H,5,10-13H2,1-4H3,(H,28,31)(H,29,32)(H,30,33). The highest BCUT2D eigenvalue weighted by molar-refractivity contribution is 6.36. The van der Waals surface area contributed by atoms with Crippen LogP contribution in [0.25, 0.3) is 0 Å². The third-order valence-electron chi connectivity index (χ3n) is 5.26. The topological polar surface area (TPSA) is 96.5 Å². The van der Waals surface area contributed by atoms with Gasteiger partial charge in [0.1, 0.15) is 5.75 Å². The summed E-state index contributed by atoms with van der Waals surface area (Å²) in [6.07, 6.45) is 1.08. The summed E-state index contributed by atoms with van der Waals surface area (Å²) in [4.78, 5) is 36.6. The molecule has 0 aliphatic carbocycles. The van der Waals surface area contributed by atoms with Crippen LogP contribution in [-0.4, -0.2) is 24.3 Å². The first-order chi connectivity index (χ1) is 16.0. The van der Waals surface area contributed by atoms with E-state index in [1.165, 1.54) is 6.07 Å². The highest BCUT2D eigenvalue weighted by atomic mass is 35.5. The highest BCUT2D eigenvalue weighted by Gasteiger charge is 2.27. The molecule has 0 unspecified atom stereocenters. The van der Waals surface area contributed by atoms with Crippen LogP contribution >= 0.6 is 23.2 Å². The van der Waals surface area contributed by atoms with Gasteiger partial charge in [0.05, 0.1) is 17.3 Å². The van der Waals surface area contributed by atoms with E-state index in [2.05, 4.69) is 16.2 Å². The van der Waals surface area contributed by atoms with Crippen molar-refractivity contribution in [3.63, 3.8) is 0 Å². The van der Waals surface area contributed by atoms with E-state index in [-0.39, 0.29) is 24.7 Å². The highest BCUT2D eigenvalue weighted by Crippen LogP contribution is 2.26. The Labute approximate surface area is 210 Å². The summed E-state index contributed by atoms with van der Waals surface area (Å²) < 4.78 is 5.85. The van der Waals surface area contributed by atoms with E-state index in [4.69, 9.17) is 27.9 Å². The summed E-state index contributed by atoms with van der Waals surface area (Å²) in [5.41, 5.74) is 6.70. The lowest BCUT2D eigenvalue weighted by Gasteiger charge is -2.23. The number of aryl methyl sites for hydroxylation is 2. The first-order valence-corrected chi connectivity index (χ1v) is 11.8. The molecule has 0 aromatic heterocycles. The molecule has 0 fully saturated rings. The fourth-order valence-electron chi connectivity index (χ4n) is 3.06. The van der Waals surface area contributed by atoms with Gasteiger partial charge in [-0.05, 0) is 62.1 Å². The van der Waals surface area contributed by atoms with Crippen LogP contribution in [0.15, 0.2) is 36.4 Å². The van der Waals surface area contributed by atoms with Gasteiger partial charge in [-0.2, -0.15) is 0 Å². The summed E-state index contributed by atoms with van der Waals surface area (Å²) in [5, 5.41) is 3.38. The average molecular weight is 508 g/mol. The number of nitrogens with one attached hydrogen (secondary N) is 3. The van der Waals surface area contributed by atoms with Crippen molar-refractivity contribution in [3.05, 3.63) is 57.6 Å². The van der Waals surface area contributed by atoms with Crippen molar-refractivity contribution in [1.82, 2.24) is 10.9 Å². The van der Waals surface area contributed by atoms with E-state index in [0.717, 1.165) is 16.9 Å². The number of carbonyl (C=O) groups is 3. The monoisotopic (exact) mass is 507 g/mol. The summed E-state index contributed by atoms with van der Waals surface area (Å²) in [6.45, 7) is 8.09. The quantitative estimate of drug-likeness (QED) is 0.297. The molecule has 0 aliphatic rings. The van der Waals surface area contributed by atoms with Gasteiger partial charge in [-0.25, -0.2) is 0 Å². The van der Waals surface area contributed by atoms with Gasteiger partial charge in [0, 0.05) is 23.3 Å². The van der Waals surface area contributed by atoms with Crippen molar-refractivity contribution in [2.45, 2.75) is 53.4 Å². The first kappa shape index (κ1) is 27.5. The van der Waals surface area contributed by atoms with Crippen LogP contribution in [0.5, 0.6) is 5.75 Å². The largest absolute Gasteiger partial charge is 0.493 e. The van der Waals surface area contributed by atoms with Gasteiger partial charge < -0.3 is 10.1 Å². The van der Waals surface area contributed by atoms with Gasteiger partial charge in [-0.3, -0.25) is 25.2 Å². The molecule has 0 saturated carbocycles. The number of rotatable bonds is 10. The molecule has 2 rings (SSSR count). The molecule has 0 bridgehead atoms. The molecule has 0 spiro atoms. The normalized spacial score (nSPS) is 11.0. The number of halogens is 2. The molecule has 0 aliphatic heterocycles. The Balaban J connectivity index is 1.69. The molecule has 0 atom stereocenters. The second-order valence-electron chi connectivity index (χ2n) is 8.78. The van der Waals surface area contributed by atoms with Crippen LogP contribution < -0.4 is 20.9 Å². The van der Waals surface area contributed by atoms with Crippen LogP contribution in [0.3, 0.4) is 0 Å². The van der Waals surface area contributed by atoms with Gasteiger partial charge in [-0.1, -0.05) is 49.2 Å². The van der Waals surface area contributed by atoms with Crippen LogP contribution in [0.2, 0.25) is 10.0 Å². The molecule has 9 heteroatoms. The Kier molecular flexibility index (Phi) is 10.2. The lowest BCUT2D eigenvalue weighted by atomic mass is 9.87. The van der Waals surface area contributed by atoms with Crippen molar-refractivity contribution < 1.29 is 19.1 Å².